The minimum absolute atomic E-state index is 0.284. The Labute approximate surface area is 77.2 Å². The van der Waals surface area contributed by atoms with E-state index in [2.05, 4.69) is 16.2 Å². The van der Waals surface area contributed by atoms with E-state index in [0.717, 1.165) is 0 Å². The van der Waals surface area contributed by atoms with Crippen molar-refractivity contribution in [2.45, 2.75) is 13.0 Å². The van der Waals surface area contributed by atoms with Gasteiger partial charge in [-0.3, -0.25) is 10.3 Å². The van der Waals surface area contributed by atoms with Crippen molar-refractivity contribution in [3.05, 3.63) is 29.8 Å². The van der Waals surface area contributed by atoms with Gasteiger partial charge in [-0.2, -0.15) is 0 Å². The fourth-order valence-corrected chi connectivity index (χ4v) is 1.05. The van der Waals surface area contributed by atoms with Gasteiger partial charge in [0.25, 0.3) is 0 Å². The largest absolute Gasteiger partial charge is 0.299 e. The van der Waals surface area contributed by atoms with Gasteiger partial charge in [0.2, 0.25) is 0 Å². The maximum Gasteiger partial charge on any atom is 0.147 e. The SMILES string of the molecule is C#CC(NCC)c1ncccc1F. The van der Waals surface area contributed by atoms with Gasteiger partial charge in [0.15, 0.2) is 0 Å². The lowest BCUT2D eigenvalue weighted by Gasteiger charge is -2.10. The van der Waals surface area contributed by atoms with Crippen LogP contribution < -0.4 is 5.32 Å². The summed E-state index contributed by atoms with van der Waals surface area (Å²) in [5.41, 5.74) is 0.284. The molecule has 0 bridgehead atoms. The summed E-state index contributed by atoms with van der Waals surface area (Å²) in [6, 6.07) is 2.45. The molecule has 0 saturated carbocycles. The normalized spacial score (nSPS) is 12.1. The monoisotopic (exact) mass is 178 g/mol. The summed E-state index contributed by atoms with van der Waals surface area (Å²) in [7, 11) is 0. The minimum Gasteiger partial charge on any atom is -0.299 e. The average molecular weight is 178 g/mol. The van der Waals surface area contributed by atoms with Crippen LogP contribution in [0.4, 0.5) is 4.39 Å². The maximum absolute atomic E-state index is 13.2. The Kier molecular flexibility index (Phi) is 3.41. The second kappa shape index (κ2) is 4.58. The molecule has 0 fully saturated rings. The fourth-order valence-electron chi connectivity index (χ4n) is 1.05. The molecule has 0 amide bonds. The van der Waals surface area contributed by atoms with Crippen LogP contribution in [0.15, 0.2) is 18.3 Å². The molecule has 0 radical (unpaired) electrons. The summed E-state index contributed by atoms with van der Waals surface area (Å²) < 4.78 is 13.2. The van der Waals surface area contributed by atoms with Crippen molar-refractivity contribution in [3.8, 4) is 12.3 Å². The zero-order valence-electron chi connectivity index (χ0n) is 7.42. The van der Waals surface area contributed by atoms with Crippen molar-refractivity contribution in [3.63, 3.8) is 0 Å². The molecule has 1 rings (SSSR count). The minimum atomic E-state index is -0.439. The highest BCUT2D eigenvalue weighted by Crippen LogP contribution is 2.12. The van der Waals surface area contributed by atoms with Gasteiger partial charge in [0, 0.05) is 6.20 Å². The number of terminal acetylenes is 1. The third-order valence-electron chi connectivity index (χ3n) is 1.64. The second-order valence-electron chi connectivity index (χ2n) is 2.53. The van der Waals surface area contributed by atoms with Gasteiger partial charge in [0.1, 0.15) is 17.6 Å². The first-order valence-electron chi connectivity index (χ1n) is 4.09. The number of aromatic nitrogens is 1. The zero-order valence-corrected chi connectivity index (χ0v) is 7.42. The van der Waals surface area contributed by atoms with Crippen LogP contribution in [-0.2, 0) is 0 Å². The van der Waals surface area contributed by atoms with Gasteiger partial charge in [-0.15, -0.1) is 6.42 Å². The molecule has 68 valence electrons. The number of pyridine rings is 1. The summed E-state index contributed by atoms with van der Waals surface area (Å²) in [6.07, 6.45) is 6.77. The van der Waals surface area contributed by atoms with E-state index in [4.69, 9.17) is 6.42 Å². The van der Waals surface area contributed by atoms with Crippen molar-refractivity contribution in [2.24, 2.45) is 0 Å². The lowest BCUT2D eigenvalue weighted by molar-refractivity contribution is 0.558. The molecular weight excluding hydrogens is 167 g/mol. The number of rotatable bonds is 3. The predicted octanol–water partition coefficient (Wildman–Crippen LogP) is 1.50. The zero-order chi connectivity index (χ0) is 9.68. The van der Waals surface area contributed by atoms with E-state index in [-0.39, 0.29) is 11.5 Å². The molecule has 0 aliphatic rings. The van der Waals surface area contributed by atoms with E-state index in [0.29, 0.717) is 6.54 Å². The summed E-state index contributed by atoms with van der Waals surface area (Å²) in [4.78, 5) is 3.89. The van der Waals surface area contributed by atoms with Crippen LogP contribution in [0.1, 0.15) is 18.7 Å². The van der Waals surface area contributed by atoms with Crippen LogP contribution in [0.5, 0.6) is 0 Å². The molecule has 1 unspecified atom stereocenters. The van der Waals surface area contributed by atoms with Crippen molar-refractivity contribution >= 4 is 0 Å². The van der Waals surface area contributed by atoms with Crippen LogP contribution >= 0.6 is 0 Å². The van der Waals surface area contributed by atoms with E-state index in [1.807, 2.05) is 6.92 Å². The predicted molar refractivity (Wildman–Crippen MR) is 49.4 cm³/mol. The van der Waals surface area contributed by atoms with Crippen LogP contribution in [0.2, 0.25) is 0 Å². The van der Waals surface area contributed by atoms with Gasteiger partial charge >= 0.3 is 0 Å². The Morgan fingerprint density at radius 1 is 1.77 bits per heavy atom. The van der Waals surface area contributed by atoms with Gasteiger partial charge in [-0.05, 0) is 18.7 Å². The second-order valence-corrected chi connectivity index (χ2v) is 2.53. The van der Waals surface area contributed by atoms with Gasteiger partial charge in [-0.25, -0.2) is 4.39 Å². The van der Waals surface area contributed by atoms with Crippen molar-refractivity contribution in [2.75, 3.05) is 6.54 Å². The summed E-state index contributed by atoms with van der Waals surface area (Å²) in [5, 5.41) is 2.95. The molecule has 1 atom stereocenters. The lowest BCUT2D eigenvalue weighted by Crippen LogP contribution is -2.21. The topological polar surface area (TPSA) is 24.9 Å². The molecule has 0 aromatic carbocycles. The van der Waals surface area contributed by atoms with Crippen LogP contribution in [0.25, 0.3) is 0 Å². The summed E-state index contributed by atoms with van der Waals surface area (Å²) in [6.45, 7) is 2.59. The molecule has 3 heteroatoms. The molecule has 1 aromatic rings. The van der Waals surface area contributed by atoms with E-state index in [1.165, 1.54) is 12.3 Å². The number of hydrogen-bond acceptors (Lipinski definition) is 2. The number of nitrogens with one attached hydrogen (secondary N) is 1. The quantitative estimate of drug-likeness (QED) is 0.709. The standard InChI is InChI=1S/C10H11FN2/c1-3-9(12-4-2)10-8(11)6-5-7-13-10/h1,5-7,9,12H,4H2,2H3. The third-order valence-corrected chi connectivity index (χ3v) is 1.64. The Bertz CT molecular complexity index is 317. The third kappa shape index (κ3) is 2.27. The van der Waals surface area contributed by atoms with E-state index in [9.17, 15) is 4.39 Å². The van der Waals surface area contributed by atoms with Gasteiger partial charge in [0.05, 0.1) is 0 Å². The average Bonchev–Trinajstić information content (AvgIpc) is 2.16. The molecule has 0 saturated heterocycles. The van der Waals surface area contributed by atoms with Crippen LogP contribution in [-0.4, -0.2) is 11.5 Å². The van der Waals surface area contributed by atoms with Crippen LogP contribution in [0, 0.1) is 18.2 Å². The molecule has 13 heavy (non-hydrogen) atoms. The summed E-state index contributed by atoms with van der Waals surface area (Å²) >= 11 is 0. The fraction of sp³-hybridized carbons (Fsp3) is 0.300. The highest BCUT2D eigenvalue weighted by atomic mass is 19.1. The van der Waals surface area contributed by atoms with Crippen LogP contribution in [0.3, 0.4) is 0 Å². The maximum atomic E-state index is 13.2. The molecule has 1 N–H and O–H groups in total. The Morgan fingerprint density at radius 3 is 3.08 bits per heavy atom. The summed E-state index contributed by atoms with van der Waals surface area (Å²) in [5.74, 6) is 2.08. The van der Waals surface area contributed by atoms with Crippen molar-refractivity contribution in [1.82, 2.24) is 10.3 Å². The molecule has 0 aliphatic heterocycles. The first-order valence-corrected chi connectivity index (χ1v) is 4.09. The molecule has 0 aliphatic carbocycles. The molecule has 0 spiro atoms. The van der Waals surface area contributed by atoms with E-state index >= 15 is 0 Å². The molecular formula is C10H11FN2. The molecule has 1 heterocycles. The van der Waals surface area contributed by atoms with Crippen molar-refractivity contribution in [1.29, 1.82) is 0 Å². The van der Waals surface area contributed by atoms with Gasteiger partial charge in [-0.1, -0.05) is 12.8 Å². The smallest absolute Gasteiger partial charge is 0.147 e. The van der Waals surface area contributed by atoms with Gasteiger partial charge < -0.3 is 0 Å². The Balaban J connectivity index is 2.92. The first-order chi connectivity index (χ1) is 6.29. The van der Waals surface area contributed by atoms with Crippen molar-refractivity contribution < 1.29 is 4.39 Å². The number of halogens is 1. The highest BCUT2D eigenvalue weighted by molar-refractivity contribution is 5.19. The number of hydrogen-bond donors (Lipinski definition) is 1. The van der Waals surface area contributed by atoms with E-state index < -0.39 is 6.04 Å². The highest BCUT2D eigenvalue weighted by Gasteiger charge is 2.12. The molecule has 2 nitrogen and oxygen atoms in total. The Morgan fingerprint density at radius 2 is 2.54 bits per heavy atom. The number of nitrogens with zero attached hydrogens (tertiary/aromatic N) is 1. The lowest BCUT2D eigenvalue weighted by atomic mass is 10.2. The first kappa shape index (κ1) is 9.69. The Hall–Kier alpha value is -1.40. The van der Waals surface area contributed by atoms with E-state index in [1.54, 1.807) is 6.07 Å². The molecule has 1 aromatic heterocycles.